The Morgan fingerprint density at radius 3 is 2.74 bits per heavy atom. The van der Waals surface area contributed by atoms with E-state index in [2.05, 4.69) is 10.6 Å². The van der Waals surface area contributed by atoms with Crippen LogP contribution in [0.3, 0.4) is 0 Å². The second-order valence-corrected chi connectivity index (χ2v) is 6.66. The van der Waals surface area contributed by atoms with Crippen molar-refractivity contribution in [3.05, 3.63) is 28.8 Å². The van der Waals surface area contributed by atoms with Crippen LogP contribution in [0, 0.1) is 0 Å². The summed E-state index contributed by atoms with van der Waals surface area (Å²) in [5, 5.41) is 6.13. The van der Waals surface area contributed by atoms with Gasteiger partial charge in [-0.1, -0.05) is 24.6 Å². The Morgan fingerprint density at radius 2 is 2.17 bits per heavy atom. The van der Waals surface area contributed by atoms with Crippen molar-refractivity contribution in [2.45, 2.75) is 50.2 Å². The summed E-state index contributed by atoms with van der Waals surface area (Å²) in [5.41, 5.74) is 0.176. The number of anilines is 1. The van der Waals surface area contributed by atoms with E-state index in [0.717, 1.165) is 11.3 Å². The molecule has 3 atom stereocenters. The average Bonchev–Trinajstić information content (AvgIpc) is 3.11. The monoisotopic (exact) mass is 336 g/mol. The molecule has 2 heterocycles. The first kappa shape index (κ1) is 16.3. The van der Waals surface area contributed by atoms with E-state index in [1.807, 2.05) is 19.9 Å². The minimum Gasteiger partial charge on any atom is -0.365 e. The van der Waals surface area contributed by atoms with E-state index in [0.29, 0.717) is 17.9 Å². The zero-order valence-electron chi connectivity index (χ0n) is 13.5. The Kier molecular flexibility index (Phi) is 3.89. The van der Waals surface area contributed by atoms with E-state index in [9.17, 15) is 9.59 Å². The molecule has 124 valence electrons. The van der Waals surface area contributed by atoms with Gasteiger partial charge in [0.15, 0.2) is 0 Å². The number of benzene rings is 1. The Morgan fingerprint density at radius 1 is 1.48 bits per heavy atom. The maximum atomic E-state index is 13.0. The number of halogens is 1. The average molecular weight is 337 g/mol. The molecule has 0 bridgehead atoms. The van der Waals surface area contributed by atoms with Crippen molar-refractivity contribution < 1.29 is 14.3 Å². The van der Waals surface area contributed by atoms with Crippen LogP contribution < -0.4 is 10.6 Å². The van der Waals surface area contributed by atoms with Gasteiger partial charge in [-0.25, -0.2) is 0 Å². The van der Waals surface area contributed by atoms with Crippen molar-refractivity contribution in [3.8, 4) is 0 Å². The molecule has 0 saturated carbocycles. The predicted octanol–water partition coefficient (Wildman–Crippen LogP) is 2.62. The van der Waals surface area contributed by atoms with Crippen LogP contribution in [0.5, 0.6) is 0 Å². The van der Waals surface area contributed by atoms with Crippen molar-refractivity contribution in [1.29, 1.82) is 0 Å². The third-order valence-electron chi connectivity index (χ3n) is 5.32. The van der Waals surface area contributed by atoms with Crippen LogP contribution in [-0.2, 0) is 19.7 Å². The van der Waals surface area contributed by atoms with Gasteiger partial charge in [-0.2, -0.15) is 0 Å². The van der Waals surface area contributed by atoms with Gasteiger partial charge in [0.1, 0.15) is 11.0 Å². The van der Waals surface area contributed by atoms with E-state index < -0.39 is 11.0 Å². The second-order valence-electron chi connectivity index (χ2n) is 6.23. The minimum absolute atomic E-state index is 0.0236. The van der Waals surface area contributed by atoms with Crippen LogP contribution in [-0.4, -0.2) is 30.6 Å². The highest BCUT2D eigenvalue weighted by molar-refractivity contribution is 6.31. The number of fused-ring (bicyclic) bond motifs is 1. The van der Waals surface area contributed by atoms with Gasteiger partial charge in [0.05, 0.1) is 6.10 Å². The Balaban J connectivity index is 2.10. The third-order valence-corrected chi connectivity index (χ3v) is 5.55. The Labute approximate surface area is 140 Å². The number of rotatable bonds is 5. The lowest BCUT2D eigenvalue weighted by Crippen LogP contribution is -2.49. The summed E-state index contributed by atoms with van der Waals surface area (Å²) in [6, 6.07) is 5.42. The quantitative estimate of drug-likeness (QED) is 0.812. The van der Waals surface area contributed by atoms with Crippen molar-refractivity contribution in [1.82, 2.24) is 5.32 Å². The summed E-state index contributed by atoms with van der Waals surface area (Å²) in [4.78, 5) is 24.8. The maximum Gasteiger partial charge on any atom is 0.238 e. The summed E-state index contributed by atoms with van der Waals surface area (Å²) in [6.45, 7) is 4.00. The van der Waals surface area contributed by atoms with Gasteiger partial charge in [-0.15, -0.1) is 0 Å². The van der Waals surface area contributed by atoms with E-state index in [4.69, 9.17) is 16.3 Å². The highest BCUT2D eigenvalue weighted by atomic mass is 35.5. The molecule has 2 aliphatic rings. The van der Waals surface area contributed by atoms with E-state index in [-0.39, 0.29) is 24.3 Å². The molecule has 1 aromatic carbocycles. The molecule has 1 aromatic rings. The van der Waals surface area contributed by atoms with Gasteiger partial charge in [0.25, 0.3) is 0 Å². The Hall–Kier alpha value is -1.59. The molecule has 0 radical (unpaired) electrons. The van der Waals surface area contributed by atoms with Crippen molar-refractivity contribution in [2.75, 3.05) is 12.4 Å². The fourth-order valence-corrected chi connectivity index (χ4v) is 4.22. The van der Waals surface area contributed by atoms with Gasteiger partial charge in [0, 0.05) is 24.2 Å². The van der Waals surface area contributed by atoms with Crippen LogP contribution in [0.4, 0.5) is 5.69 Å². The van der Waals surface area contributed by atoms with Gasteiger partial charge in [0.2, 0.25) is 11.8 Å². The van der Waals surface area contributed by atoms with Crippen molar-refractivity contribution in [3.63, 3.8) is 0 Å². The molecule has 2 unspecified atom stereocenters. The van der Waals surface area contributed by atoms with E-state index in [1.54, 1.807) is 19.2 Å². The Bertz CT molecular complexity index is 674. The van der Waals surface area contributed by atoms with E-state index in [1.165, 1.54) is 0 Å². The lowest BCUT2D eigenvalue weighted by atomic mass is 9.65. The third kappa shape index (κ3) is 2.17. The number of epoxide rings is 1. The van der Waals surface area contributed by atoms with Crippen LogP contribution in [0.25, 0.3) is 0 Å². The molecule has 0 aliphatic carbocycles. The SMILES string of the molecule is CCC1([C@]2(CCC(=O)NC)C(=O)Nc3cc(Cl)ccc32)OC1C. The topological polar surface area (TPSA) is 70.7 Å². The molecule has 0 aromatic heterocycles. The molecule has 2 aliphatic heterocycles. The molecular weight excluding hydrogens is 316 g/mol. The molecule has 2 N–H and O–H groups in total. The molecule has 1 fully saturated rings. The summed E-state index contributed by atoms with van der Waals surface area (Å²) in [5.74, 6) is -0.191. The maximum absolute atomic E-state index is 13.0. The first-order valence-corrected chi connectivity index (χ1v) is 8.29. The fraction of sp³-hybridized carbons (Fsp3) is 0.529. The van der Waals surface area contributed by atoms with Gasteiger partial charge in [-0.05, 0) is 37.5 Å². The number of carbonyl (C=O) groups excluding carboxylic acids is 2. The molecular formula is C17H21ClN2O3. The molecule has 23 heavy (non-hydrogen) atoms. The van der Waals surface area contributed by atoms with Crippen molar-refractivity contribution in [2.24, 2.45) is 0 Å². The molecule has 2 amide bonds. The van der Waals surface area contributed by atoms with Crippen molar-refractivity contribution >= 4 is 29.1 Å². The lowest BCUT2D eigenvalue weighted by Gasteiger charge is -2.34. The number of amides is 2. The largest absolute Gasteiger partial charge is 0.365 e. The number of hydrogen-bond donors (Lipinski definition) is 2. The molecule has 6 heteroatoms. The smallest absolute Gasteiger partial charge is 0.238 e. The van der Waals surface area contributed by atoms with Gasteiger partial charge >= 0.3 is 0 Å². The zero-order chi connectivity index (χ0) is 16.8. The number of carbonyl (C=O) groups is 2. The molecule has 5 nitrogen and oxygen atoms in total. The van der Waals surface area contributed by atoms with Crippen LogP contribution in [0.15, 0.2) is 18.2 Å². The normalized spacial score (nSPS) is 31.5. The number of ether oxygens (including phenoxy) is 1. The number of hydrogen-bond acceptors (Lipinski definition) is 3. The van der Waals surface area contributed by atoms with Crippen LogP contribution in [0.2, 0.25) is 5.02 Å². The number of nitrogens with one attached hydrogen (secondary N) is 2. The molecule has 3 rings (SSSR count). The lowest BCUT2D eigenvalue weighted by molar-refractivity contribution is -0.125. The minimum atomic E-state index is -0.854. The fourth-order valence-electron chi connectivity index (χ4n) is 4.05. The zero-order valence-corrected chi connectivity index (χ0v) is 14.3. The molecule has 1 saturated heterocycles. The standard InChI is InChI=1S/C17H21ClN2O3/c1-4-17(10(2)23-17)16(8-7-14(21)19-3)12-6-5-11(18)9-13(12)20-15(16)22/h5-6,9-10H,4,7-8H2,1-3H3,(H,19,21)(H,20,22)/t10?,16-,17?/m0/s1. The van der Waals surface area contributed by atoms with E-state index >= 15 is 0 Å². The highest BCUT2D eigenvalue weighted by Crippen LogP contribution is 2.60. The summed E-state index contributed by atoms with van der Waals surface area (Å²) >= 11 is 6.06. The molecule has 0 spiro atoms. The highest BCUT2D eigenvalue weighted by Gasteiger charge is 2.71. The summed E-state index contributed by atoms with van der Waals surface area (Å²) in [6.07, 6.45) is 1.36. The predicted molar refractivity (Wildman–Crippen MR) is 88.6 cm³/mol. The van der Waals surface area contributed by atoms with Gasteiger partial charge < -0.3 is 15.4 Å². The first-order chi connectivity index (χ1) is 10.9. The second kappa shape index (κ2) is 5.49. The van der Waals surface area contributed by atoms with Crippen LogP contribution in [0.1, 0.15) is 38.7 Å². The van der Waals surface area contributed by atoms with Crippen LogP contribution >= 0.6 is 11.6 Å². The summed E-state index contributed by atoms with van der Waals surface area (Å²) < 4.78 is 5.94. The van der Waals surface area contributed by atoms with Gasteiger partial charge in [-0.3, -0.25) is 9.59 Å². The summed E-state index contributed by atoms with van der Waals surface area (Å²) in [7, 11) is 1.60. The first-order valence-electron chi connectivity index (χ1n) is 7.91.